The van der Waals surface area contributed by atoms with Crippen LogP contribution in [0.1, 0.15) is 25.6 Å². The number of hydrogen-bond acceptors (Lipinski definition) is 7. The van der Waals surface area contributed by atoms with Gasteiger partial charge in [0.2, 0.25) is 7.37 Å². The highest BCUT2D eigenvalue weighted by molar-refractivity contribution is 7.77. The van der Waals surface area contributed by atoms with E-state index in [0.717, 1.165) is 12.8 Å². The molecule has 6 N–H and O–H groups in total. The average Bonchev–Trinajstić information content (AvgIpc) is 3.10. The normalized spacial score (nSPS) is 14.0. The van der Waals surface area contributed by atoms with Gasteiger partial charge in [0.25, 0.3) is 0 Å². The van der Waals surface area contributed by atoms with E-state index in [-0.39, 0.29) is 5.30 Å². The highest BCUT2D eigenvalue weighted by atomic mass is 31.2. The topological polar surface area (TPSA) is 176 Å². The van der Waals surface area contributed by atoms with Crippen molar-refractivity contribution in [2.24, 2.45) is 5.73 Å². The number of benzene rings is 1. The fourth-order valence-electron chi connectivity index (χ4n) is 3.09. The summed E-state index contributed by atoms with van der Waals surface area (Å²) in [6.45, 7) is 3.30. The van der Waals surface area contributed by atoms with Gasteiger partial charge in [-0.25, -0.2) is 15.0 Å². The fraction of sp³-hybridized carbons (Fsp3) is 0.389. The number of hydrogen-bond donors (Lipinski definition) is 5. The molecule has 13 heteroatoms. The molecule has 168 valence electrons. The highest BCUT2D eigenvalue weighted by Gasteiger charge is 2.31. The van der Waals surface area contributed by atoms with Crippen LogP contribution in [0.15, 0.2) is 30.6 Å². The molecular weight excluding hydrogens is 442 g/mol. The molecule has 31 heavy (non-hydrogen) atoms. The van der Waals surface area contributed by atoms with Crippen molar-refractivity contribution in [3.63, 3.8) is 0 Å². The Bertz CT molecular complexity index is 1140. The number of anilines is 2. The lowest BCUT2D eigenvalue weighted by Crippen LogP contribution is -2.08. The molecule has 1 atom stereocenters. The third-order valence-corrected chi connectivity index (χ3v) is 8.73. The molecule has 0 amide bonds. The molecule has 0 saturated heterocycles. The maximum atomic E-state index is 12.3. The van der Waals surface area contributed by atoms with Gasteiger partial charge in [-0.15, -0.1) is 0 Å². The average molecular weight is 468 g/mol. The first-order valence-corrected chi connectivity index (χ1v) is 13.4. The van der Waals surface area contributed by atoms with Crippen molar-refractivity contribution >= 4 is 42.9 Å². The number of nitrogens with zero attached hydrogens (tertiary/aromatic N) is 4. The van der Waals surface area contributed by atoms with Crippen LogP contribution in [0.4, 0.5) is 11.5 Å². The van der Waals surface area contributed by atoms with Gasteiger partial charge in [-0.3, -0.25) is 9.13 Å². The predicted molar refractivity (Wildman–Crippen MR) is 119 cm³/mol. The Kier molecular flexibility index (Phi) is 7.26. The number of nitrogens with two attached hydrogens (primary N) is 1. The molecule has 0 aliphatic heterocycles. The maximum Gasteiger partial charge on any atom is 0.335 e. The molecule has 3 rings (SSSR count). The number of fused-ring (bicyclic) bond motifs is 1. The van der Waals surface area contributed by atoms with Crippen LogP contribution in [-0.2, 0) is 22.1 Å². The zero-order valence-corrected chi connectivity index (χ0v) is 18.8. The lowest BCUT2D eigenvalue weighted by molar-refractivity contribution is 0.376. The van der Waals surface area contributed by atoms with E-state index in [4.69, 9.17) is 15.5 Å². The second kappa shape index (κ2) is 9.56. The van der Waals surface area contributed by atoms with Crippen LogP contribution in [0.25, 0.3) is 11.2 Å². The molecule has 0 spiro atoms. The number of nitrogens with one attached hydrogen (secondary N) is 1. The number of unbranched alkanes of at least 4 members (excludes halogenated alkanes) is 1. The smallest absolute Gasteiger partial charge is 0.335 e. The van der Waals surface area contributed by atoms with Gasteiger partial charge < -0.3 is 30.3 Å². The molecule has 0 saturated carbocycles. The Morgan fingerprint density at radius 3 is 2.42 bits per heavy atom. The molecule has 2 aromatic heterocycles. The van der Waals surface area contributed by atoms with E-state index >= 15 is 0 Å². The van der Waals surface area contributed by atoms with E-state index in [1.807, 2.05) is 11.5 Å². The van der Waals surface area contributed by atoms with E-state index in [1.165, 1.54) is 12.1 Å². The van der Waals surface area contributed by atoms with Crippen LogP contribution in [0.5, 0.6) is 0 Å². The van der Waals surface area contributed by atoms with Crippen LogP contribution >= 0.6 is 15.0 Å². The summed E-state index contributed by atoms with van der Waals surface area (Å²) in [5, 5.41) is 3.13. The number of aromatic nitrogens is 4. The summed E-state index contributed by atoms with van der Waals surface area (Å²) in [4.78, 5) is 41.7. The summed E-state index contributed by atoms with van der Waals surface area (Å²) < 4.78 is 25.3. The van der Waals surface area contributed by atoms with Crippen LogP contribution in [0.2, 0.25) is 0 Å². The molecule has 3 aromatic rings. The van der Waals surface area contributed by atoms with Gasteiger partial charge in [0.15, 0.2) is 17.0 Å². The van der Waals surface area contributed by atoms with Gasteiger partial charge in [0, 0.05) is 24.0 Å². The standard InChI is InChI=1S/C18H26N6O5P2/c1-2-24-11-20-16-17(22-15(23-18(16)24)5-3-4-10-19)21-13-6-8-14(9-7-13)30(25,26)12-31(27,28)29/h6-9,11H,2-5,10,12,19H2,1H3,(H,25,26)(H,21,22,23)(H2,27,28,29). The minimum Gasteiger partial charge on any atom is -0.341 e. The van der Waals surface area contributed by atoms with E-state index in [0.29, 0.717) is 48.0 Å². The van der Waals surface area contributed by atoms with Crippen molar-refractivity contribution in [3.8, 4) is 0 Å². The van der Waals surface area contributed by atoms with Crippen LogP contribution in [0, 0.1) is 0 Å². The monoisotopic (exact) mass is 468 g/mol. The number of aryl methyl sites for hydroxylation is 2. The Morgan fingerprint density at radius 1 is 1.10 bits per heavy atom. The minimum atomic E-state index is -4.63. The van der Waals surface area contributed by atoms with E-state index in [2.05, 4.69) is 20.3 Å². The summed E-state index contributed by atoms with van der Waals surface area (Å²) in [7, 11) is -8.80. The van der Waals surface area contributed by atoms with Crippen LogP contribution < -0.4 is 16.4 Å². The molecule has 1 unspecified atom stereocenters. The zero-order chi connectivity index (χ0) is 22.6. The van der Waals surface area contributed by atoms with Gasteiger partial charge in [0.05, 0.1) is 6.33 Å². The van der Waals surface area contributed by atoms with Gasteiger partial charge in [-0.2, -0.15) is 0 Å². The number of imidazole rings is 1. The molecule has 0 fully saturated rings. The van der Waals surface area contributed by atoms with Crippen molar-refractivity contribution in [2.45, 2.75) is 32.7 Å². The summed E-state index contributed by atoms with van der Waals surface area (Å²) >= 11 is 0. The van der Waals surface area contributed by atoms with Gasteiger partial charge in [-0.1, -0.05) is 0 Å². The number of rotatable bonds is 10. The van der Waals surface area contributed by atoms with E-state index < -0.39 is 20.9 Å². The molecule has 11 nitrogen and oxygen atoms in total. The third-order valence-electron chi connectivity index (χ3n) is 4.61. The first-order chi connectivity index (χ1) is 14.6. The maximum absolute atomic E-state index is 12.3. The van der Waals surface area contributed by atoms with Crippen molar-refractivity contribution in [1.29, 1.82) is 0 Å². The van der Waals surface area contributed by atoms with Crippen molar-refractivity contribution in [2.75, 3.05) is 17.8 Å². The van der Waals surface area contributed by atoms with Crippen molar-refractivity contribution in [1.82, 2.24) is 19.5 Å². The van der Waals surface area contributed by atoms with E-state index in [9.17, 15) is 14.0 Å². The Balaban J connectivity index is 1.89. The Morgan fingerprint density at radius 2 is 1.81 bits per heavy atom. The molecule has 0 aliphatic carbocycles. The first kappa shape index (κ1) is 23.5. The summed E-state index contributed by atoms with van der Waals surface area (Å²) in [6, 6.07) is 5.83. The van der Waals surface area contributed by atoms with Crippen molar-refractivity contribution in [3.05, 3.63) is 36.4 Å². The second-order valence-corrected chi connectivity index (χ2v) is 11.5. The largest absolute Gasteiger partial charge is 0.341 e. The quantitative estimate of drug-likeness (QED) is 0.218. The Hall–Kier alpha value is -2.13. The predicted octanol–water partition coefficient (Wildman–Crippen LogP) is 1.90. The molecule has 0 aliphatic rings. The molecule has 1 aromatic carbocycles. The van der Waals surface area contributed by atoms with Crippen molar-refractivity contribution < 1.29 is 23.8 Å². The van der Waals surface area contributed by atoms with Gasteiger partial charge in [0.1, 0.15) is 11.7 Å². The highest BCUT2D eigenvalue weighted by Crippen LogP contribution is 2.53. The summed E-state index contributed by atoms with van der Waals surface area (Å²) in [5.41, 5.74) is 7.46. The summed E-state index contributed by atoms with van der Waals surface area (Å²) in [6.07, 6.45) is 4.10. The first-order valence-electron chi connectivity index (χ1n) is 9.79. The lowest BCUT2D eigenvalue weighted by Gasteiger charge is -2.14. The van der Waals surface area contributed by atoms with Gasteiger partial charge >= 0.3 is 7.60 Å². The Labute approximate surface area is 179 Å². The van der Waals surface area contributed by atoms with Crippen LogP contribution in [0.3, 0.4) is 0 Å². The molecular formula is C18H26N6O5P2. The summed E-state index contributed by atoms with van der Waals surface area (Å²) in [5.74, 6) is 0.0757. The lowest BCUT2D eigenvalue weighted by atomic mass is 10.2. The zero-order valence-electron chi connectivity index (χ0n) is 17.0. The van der Waals surface area contributed by atoms with E-state index in [1.54, 1.807) is 18.5 Å². The minimum absolute atomic E-state index is 0.0352. The third kappa shape index (κ3) is 5.98. The van der Waals surface area contributed by atoms with Gasteiger partial charge in [-0.05, 0) is 50.6 Å². The fourth-order valence-corrected chi connectivity index (χ4v) is 6.36. The van der Waals surface area contributed by atoms with Crippen LogP contribution in [-0.4, -0.2) is 46.6 Å². The SMILES string of the molecule is CCn1cnc2c(Nc3ccc(P(=O)(O)CP(=O)(O)O)cc3)nc(CCCCN)nc21. The molecule has 0 bridgehead atoms. The molecule has 2 heterocycles. The second-order valence-electron chi connectivity index (χ2n) is 7.12. The molecule has 0 radical (unpaired) electrons.